The first-order valence-corrected chi connectivity index (χ1v) is 3.70. The van der Waals surface area contributed by atoms with Crippen LogP contribution in [0.25, 0.3) is 0 Å². The molecule has 0 bridgehead atoms. The van der Waals surface area contributed by atoms with E-state index in [4.69, 9.17) is 16.2 Å². The van der Waals surface area contributed by atoms with E-state index in [-0.39, 0.29) is 6.04 Å². The van der Waals surface area contributed by atoms with Gasteiger partial charge in [-0.15, -0.1) is 0 Å². The highest BCUT2D eigenvalue weighted by Gasteiger charge is 2.05. The number of methoxy groups -OCH3 is 1. The Morgan fingerprint density at radius 3 is 2.83 bits per heavy atom. The van der Waals surface area contributed by atoms with Gasteiger partial charge in [-0.25, -0.2) is 0 Å². The van der Waals surface area contributed by atoms with Gasteiger partial charge in [0.25, 0.3) is 0 Å². The second kappa shape index (κ2) is 4.04. The lowest BCUT2D eigenvalue weighted by atomic mass is 10.2. The van der Waals surface area contributed by atoms with Crippen LogP contribution in [-0.4, -0.2) is 18.7 Å². The molecule has 1 rings (SSSR count). The van der Waals surface area contributed by atoms with Crippen molar-refractivity contribution in [1.29, 1.82) is 0 Å². The monoisotopic (exact) mass is 167 g/mol. The van der Waals surface area contributed by atoms with Crippen molar-refractivity contribution in [1.82, 2.24) is 4.98 Å². The van der Waals surface area contributed by atoms with E-state index in [2.05, 4.69) is 4.98 Å². The fourth-order valence-corrected chi connectivity index (χ4v) is 0.901. The Morgan fingerprint density at radius 1 is 1.58 bits per heavy atom. The largest absolute Gasteiger partial charge is 0.397 e. The quantitative estimate of drug-likeness (QED) is 0.679. The molecule has 0 spiro atoms. The van der Waals surface area contributed by atoms with E-state index in [1.807, 2.05) is 0 Å². The number of nitrogen functional groups attached to an aromatic ring is 1. The average Bonchev–Trinajstić information content (AvgIpc) is 2.06. The number of ether oxygens (including phenoxy) is 1. The molecule has 4 N–H and O–H groups in total. The van der Waals surface area contributed by atoms with Gasteiger partial charge in [-0.2, -0.15) is 0 Å². The van der Waals surface area contributed by atoms with Crippen molar-refractivity contribution in [2.45, 2.75) is 6.04 Å². The summed E-state index contributed by atoms with van der Waals surface area (Å²) in [4.78, 5) is 4.07. The predicted molar refractivity (Wildman–Crippen MR) is 47.5 cm³/mol. The van der Waals surface area contributed by atoms with E-state index in [1.54, 1.807) is 25.4 Å². The number of anilines is 1. The summed E-state index contributed by atoms with van der Waals surface area (Å²) < 4.78 is 4.89. The summed E-state index contributed by atoms with van der Waals surface area (Å²) in [5.41, 5.74) is 12.6. The minimum absolute atomic E-state index is 0.171. The molecule has 4 heteroatoms. The predicted octanol–water partition coefficient (Wildman–Crippen LogP) is 0.310. The van der Waals surface area contributed by atoms with E-state index in [9.17, 15) is 0 Å². The van der Waals surface area contributed by atoms with Crippen LogP contribution in [0.2, 0.25) is 0 Å². The molecule has 12 heavy (non-hydrogen) atoms. The van der Waals surface area contributed by atoms with E-state index in [0.29, 0.717) is 12.3 Å². The third kappa shape index (κ3) is 2.18. The van der Waals surface area contributed by atoms with Gasteiger partial charge in [0.2, 0.25) is 0 Å². The Bertz CT molecular complexity index is 235. The summed E-state index contributed by atoms with van der Waals surface area (Å²) in [6.45, 7) is 0.469. The summed E-state index contributed by atoms with van der Waals surface area (Å²) in [7, 11) is 1.61. The third-order valence-electron chi connectivity index (χ3n) is 1.54. The second-order valence-corrected chi connectivity index (χ2v) is 2.58. The minimum Gasteiger partial charge on any atom is -0.397 e. The van der Waals surface area contributed by atoms with E-state index in [1.165, 1.54) is 0 Å². The summed E-state index contributed by atoms with van der Waals surface area (Å²) in [5.74, 6) is 0. The topological polar surface area (TPSA) is 74.2 Å². The van der Waals surface area contributed by atoms with Crippen LogP contribution < -0.4 is 11.5 Å². The summed E-state index contributed by atoms with van der Waals surface area (Å²) in [6, 6.07) is 3.41. The van der Waals surface area contributed by atoms with Crippen molar-refractivity contribution in [3.63, 3.8) is 0 Å². The number of hydrogen-bond acceptors (Lipinski definition) is 4. The second-order valence-electron chi connectivity index (χ2n) is 2.58. The molecule has 1 aromatic heterocycles. The molecule has 4 nitrogen and oxygen atoms in total. The molecule has 0 aliphatic heterocycles. The Labute approximate surface area is 71.5 Å². The molecule has 1 aromatic rings. The van der Waals surface area contributed by atoms with Gasteiger partial charge in [0.05, 0.1) is 30.2 Å². The Hall–Kier alpha value is -1.13. The number of aromatic nitrogens is 1. The smallest absolute Gasteiger partial charge is 0.0707 e. The molecule has 0 saturated heterocycles. The van der Waals surface area contributed by atoms with Gasteiger partial charge >= 0.3 is 0 Å². The molecule has 0 fully saturated rings. The molecular weight excluding hydrogens is 154 g/mol. The van der Waals surface area contributed by atoms with Gasteiger partial charge in [0, 0.05) is 7.11 Å². The number of nitrogens with zero attached hydrogens (tertiary/aromatic N) is 1. The van der Waals surface area contributed by atoms with Crippen molar-refractivity contribution >= 4 is 5.69 Å². The Kier molecular flexibility index (Phi) is 3.01. The molecule has 0 aromatic carbocycles. The zero-order valence-corrected chi connectivity index (χ0v) is 7.03. The highest BCUT2D eigenvalue weighted by molar-refractivity contribution is 5.35. The molecule has 1 heterocycles. The average molecular weight is 167 g/mol. The summed E-state index contributed by atoms with van der Waals surface area (Å²) in [5, 5.41) is 0. The van der Waals surface area contributed by atoms with Crippen molar-refractivity contribution in [2.75, 3.05) is 19.5 Å². The van der Waals surface area contributed by atoms with Crippen LogP contribution in [0.15, 0.2) is 18.3 Å². The molecular formula is C8H13N3O. The fraction of sp³-hybridized carbons (Fsp3) is 0.375. The van der Waals surface area contributed by atoms with E-state index in [0.717, 1.165) is 5.69 Å². The lowest BCUT2D eigenvalue weighted by Crippen LogP contribution is -2.17. The van der Waals surface area contributed by atoms with Crippen LogP contribution >= 0.6 is 0 Å². The van der Waals surface area contributed by atoms with Gasteiger partial charge in [0.1, 0.15) is 0 Å². The number of hydrogen-bond donors (Lipinski definition) is 2. The maximum atomic E-state index is 5.73. The van der Waals surface area contributed by atoms with Gasteiger partial charge in [-0.05, 0) is 12.1 Å². The van der Waals surface area contributed by atoms with Gasteiger partial charge in [-0.1, -0.05) is 0 Å². The van der Waals surface area contributed by atoms with Gasteiger partial charge < -0.3 is 16.2 Å². The van der Waals surface area contributed by atoms with Crippen LogP contribution in [0.3, 0.4) is 0 Å². The van der Waals surface area contributed by atoms with E-state index < -0.39 is 0 Å². The normalized spacial score (nSPS) is 12.8. The molecule has 0 aliphatic rings. The molecule has 0 aliphatic carbocycles. The van der Waals surface area contributed by atoms with Crippen LogP contribution in [0.4, 0.5) is 5.69 Å². The summed E-state index contributed by atoms with van der Waals surface area (Å²) >= 11 is 0. The highest BCUT2D eigenvalue weighted by atomic mass is 16.5. The zero-order chi connectivity index (χ0) is 8.97. The maximum Gasteiger partial charge on any atom is 0.0707 e. The first kappa shape index (κ1) is 8.96. The Balaban J connectivity index is 2.68. The van der Waals surface area contributed by atoms with Crippen LogP contribution in [0.5, 0.6) is 0 Å². The first-order chi connectivity index (χ1) is 5.74. The highest BCUT2D eigenvalue weighted by Crippen LogP contribution is 2.08. The third-order valence-corrected chi connectivity index (χ3v) is 1.54. The maximum absolute atomic E-state index is 5.73. The lowest BCUT2D eigenvalue weighted by Gasteiger charge is -2.08. The van der Waals surface area contributed by atoms with Crippen molar-refractivity contribution in [2.24, 2.45) is 5.73 Å². The molecule has 66 valence electrons. The lowest BCUT2D eigenvalue weighted by molar-refractivity contribution is 0.179. The number of rotatable bonds is 3. The fourth-order valence-electron chi connectivity index (χ4n) is 0.901. The number of nitrogens with two attached hydrogens (primary N) is 2. The van der Waals surface area contributed by atoms with Crippen LogP contribution in [-0.2, 0) is 4.74 Å². The standard InChI is InChI=1S/C8H13N3O/c1-12-5-7(10)8-3-2-6(9)4-11-8/h2-4,7H,5,9-10H2,1H3. The molecule has 1 unspecified atom stereocenters. The molecule has 1 atom stereocenters. The van der Waals surface area contributed by atoms with Crippen molar-refractivity contribution in [3.8, 4) is 0 Å². The van der Waals surface area contributed by atoms with Gasteiger partial charge in [0.15, 0.2) is 0 Å². The van der Waals surface area contributed by atoms with Crippen molar-refractivity contribution in [3.05, 3.63) is 24.0 Å². The van der Waals surface area contributed by atoms with E-state index >= 15 is 0 Å². The minimum atomic E-state index is -0.171. The zero-order valence-electron chi connectivity index (χ0n) is 7.03. The first-order valence-electron chi connectivity index (χ1n) is 3.70. The van der Waals surface area contributed by atoms with Crippen LogP contribution in [0.1, 0.15) is 11.7 Å². The Morgan fingerprint density at radius 2 is 2.33 bits per heavy atom. The van der Waals surface area contributed by atoms with Gasteiger partial charge in [-0.3, -0.25) is 4.98 Å². The van der Waals surface area contributed by atoms with Crippen molar-refractivity contribution < 1.29 is 4.74 Å². The summed E-state index contributed by atoms with van der Waals surface area (Å²) in [6.07, 6.45) is 1.59. The molecule has 0 amide bonds. The van der Waals surface area contributed by atoms with Crippen LogP contribution in [0, 0.1) is 0 Å². The molecule has 0 radical (unpaired) electrons. The molecule has 0 saturated carbocycles. The number of pyridine rings is 1. The SMILES string of the molecule is COCC(N)c1ccc(N)cn1.